The number of carbonyl (C=O) groups excluding carboxylic acids is 1. The maximum Gasteiger partial charge on any atom is 0.270 e. The summed E-state index contributed by atoms with van der Waals surface area (Å²) in [4.78, 5) is 28.7. The number of para-hydroxylation sites is 1. The van der Waals surface area contributed by atoms with E-state index in [1.54, 1.807) is 24.2 Å². The number of nitrogens with one attached hydrogen (secondary N) is 1. The van der Waals surface area contributed by atoms with Gasteiger partial charge in [-0.1, -0.05) is 48.5 Å². The van der Waals surface area contributed by atoms with Crippen LogP contribution in [0.2, 0.25) is 0 Å². The predicted molar refractivity (Wildman–Crippen MR) is 130 cm³/mol. The number of aromatic amines is 1. The summed E-state index contributed by atoms with van der Waals surface area (Å²) in [5.41, 5.74) is 4.55. The number of aromatic nitrogens is 3. The average molecular weight is 451 g/mol. The zero-order valence-electron chi connectivity index (χ0n) is 18.4. The molecule has 0 bridgehead atoms. The number of H-pyrrole nitrogens is 1. The lowest BCUT2D eigenvalue weighted by molar-refractivity contribution is -0.384. The van der Waals surface area contributed by atoms with Crippen LogP contribution in [0.4, 0.5) is 5.69 Å². The normalized spacial score (nSPS) is 11.0. The highest BCUT2D eigenvalue weighted by molar-refractivity contribution is 6.07. The first-order valence-electron chi connectivity index (χ1n) is 10.7. The molecule has 0 fully saturated rings. The third-order valence-electron chi connectivity index (χ3n) is 5.72. The zero-order chi connectivity index (χ0) is 23.7. The van der Waals surface area contributed by atoms with E-state index in [1.807, 2.05) is 71.5 Å². The van der Waals surface area contributed by atoms with Gasteiger partial charge in [0, 0.05) is 60.1 Å². The first kappa shape index (κ1) is 21.1. The number of rotatable bonds is 6. The molecule has 0 radical (unpaired) electrons. The molecule has 0 saturated heterocycles. The van der Waals surface area contributed by atoms with E-state index < -0.39 is 4.92 Å². The monoisotopic (exact) mass is 451 g/mol. The number of fused-ring (bicyclic) bond motifs is 1. The Morgan fingerprint density at radius 2 is 1.76 bits per heavy atom. The fraction of sp³-hybridized carbons (Fsp3) is 0.0769. The molecule has 0 aliphatic heterocycles. The third kappa shape index (κ3) is 3.93. The van der Waals surface area contributed by atoms with Gasteiger partial charge in [-0.3, -0.25) is 14.9 Å². The number of nitrogens with zero attached hydrogens (tertiary/aromatic N) is 4. The molecular formula is C26H21N5O3. The van der Waals surface area contributed by atoms with Gasteiger partial charge in [0.2, 0.25) is 0 Å². The highest BCUT2D eigenvalue weighted by Crippen LogP contribution is 2.27. The van der Waals surface area contributed by atoms with Gasteiger partial charge in [-0.2, -0.15) is 5.10 Å². The number of carbonyl (C=O) groups is 1. The molecule has 0 atom stereocenters. The van der Waals surface area contributed by atoms with Gasteiger partial charge < -0.3 is 9.88 Å². The summed E-state index contributed by atoms with van der Waals surface area (Å²) < 4.78 is 1.81. The molecule has 0 aliphatic rings. The Bertz CT molecular complexity index is 1490. The van der Waals surface area contributed by atoms with Crippen molar-refractivity contribution < 1.29 is 9.72 Å². The Morgan fingerprint density at radius 3 is 2.47 bits per heavy atom. The van der Waals surface area contributed by atoms with E-state index >= 15 is 0 Å². The van der Waals surface area contributed by atoms with Crippen LogP contribution in [0.15, 0.2) is 91.3 Å². The highest BCUT2D eigenvalue weighted by atomic mass is 16.6. The van der Waals surface area contributed by atoms with E-state index in [1.165, 1.54) is 12.1 Å². The second-order valence-electron chi connectivity index (χ2n) is 8.00. The molecule has 168 valence electrons. The van der Waals surface area contributed by atoms with E-state index in [0.717, 1.165) is 22.5 Å². The largest absolute Gasteiger partial charge is 0.360 e. The second kappa shape index (κ2) is 8.67. The van der Waals surface area contributed by atoms with Gasteiger partial charge >= 0.3 is 0 Å². The van der Waals surface area contributed by atoms with E-state index in [9.17, 15) is 14.9 Å². The number of benzene rings is 3. The lowest BCUT2D eigenvalue weighted by atomic mass is 10.1. The van der Waals surface area contributed by atoms with Crippen molar-refractivity contribution in [2.24, 2.45) is 0 Å². The molecule has 1 amide bonds. The van der Waals surface area contributed by atoms with E-state index in [4.69, 9.17) is 5.10 Å². The van der Waals surface area contributed by atoms with Gasteiger partial charge in [0.25, 0.3) is 11.6 Å². The standard InChI is InChI=1S/C26H21N5O3/c1-29(26(32)23-15-27-24-13-12-21(31(33)34)14-22(23)24)16-19-17-30(20-10-6-3-7-11-20)28-25(19)18-8-4-2-5-9-18/h2-15,17,27H,16H2,1H3. The number of nitro groups is 1. The molecule has 3 aromatic carbocycles. The number of hydrogen-bond acceptors (Lipinski definition) is 4. The topological polar surface area (TPSA) is 97.1 Å². The lowest BCUT2D eigenvalue weighted by Gasteiger charge is -2.17. The Labute approximate surface area is 195 Å². The summed E-state index contributed by atoms with van der Waals surface area (Å²) in [6, 6.07) is 24.1. The Morgan fingerprint density at radius 1 is 1.06 bits per heavy atom. The summed E-state index contributed by atoms with van der Waals surface area (Å²) in [6.45, 7) is 0.317. The first-order valence-corrected chi connectivity index (χ1v) is 10.7. The van der Waals surface area contributed by atoms with Crippen molar-refractivity contribution in [3.63, 3.8) is 0 Å². The van der Waals surface area contributed by atoms with Crippen LogP contribution < -0.4 is 0 Å². The molecule has 2 heterocycles. The predicted octanol–water partition coefficient (Wildman–Crippen LogP) is 5.20. The van der Waals surface area contributed by atoms with Crippen molar-refractivity contribution in [1.82, 2.24) is 19.7 Å². The lowest BCUT2D eigenvalue weighted by Crippen LogP contribution is -2.26. The van der Waals surface area contributed by atoms with E-state index in [2.05, 4.69) is 4.98 Å². The Kier molecular flexibility index (Phi) is 5.39. The quantitative estimate of drug-likeness (QED) is 0.283. The summed E-state index contributed by atoms with van der Waals surface area (Å²) in [6.07, 6.45) is 3.53. The molecule has 0 saturated carbocycles. The summed E-state index contributed by atoms with van der Waals surface area (Å²) in [7, 11) is 1.72. The number of amides is 1. The molecular weight excluding hydrogens is 430 g/mol. The Balaban J connectivity index is 1.50. The van der Waals surface area contributed by atoms with Gasteiger partial charge in [-0.15, -0.1) is 0 Å². The minimum Gasteiger partial charge on any atom is -0.360 e. The zero-order valence-corrected chi connectivity index (χ0v) is 18.4. The molecule has 8 heteroatoms. The fourth-order valence-corrected chi connectivity index (χ4v) is 4.01. The van der Waals surface area contributed by atoms with Gasteiger partial charge in [-0.05, 0) is 18.2 Å². The molecule has 0 unspecified atom stereocenters. The number of non-ortho nitro benzene ring substituents is 1. The van der Waals surface area contributed by atoms with Crippen molar-refractivity contribution in [3.05, 3.63) is 112 Å². The minimum atomic E-state index is -0.464. The van der Waals surface area contributed by atoms with Crippen LogP contribution in [0.1, 0.15) is 15.9 Å². The molecule has 8 nitrogen and oxygen atoms in total. The summed E-state index contributed by atoms with van der Waals surface area (Å²) in [5, 5.41) is 16.5. The molecule has 34 heavy (non-hydrogen) atoms. The van der Waals surface area contributed by atoms with Crippen LogP contribution in [0.25, 0.3) is 27.8 Å². The maximum atomic E-state index is 13.3. The van der Waals surface area contributed by atoms with Crippen LogP contribution in [-0.2, 0) is 6.54 Å². The fourth-order valence-electron chi connectivity index (χ4n) is 4.01. The number of hydrogen-bond donors (Lipinski definition) is 1. The smallest absolute Gasteiger partial charge is 0.270 e. The first-order chi connectivity index (χ1) is 16.5. The molecule has 0 spiro atoms. The molecule has 5 aromatic rings. The van der Waals surface area contributed by atoms with Crippen LogP contribution in [-0.4, -0.2) is 37.5 Å². The van der Waals surface area contributed by atoms with Gasteiger partial charge in [0.1, 0.15) is 0 Å². The maximum absolute atomic E-state index is 13.3. The molecule has 5 rings (SSSR count). The number of nitro benzene ring substituents is 1. The molecule has 0 aliphatic carbocycles. The minimum absolute atomic E-state index is 0.0562. The molecule has 1 N–H and O–H groups in total. The highest BCUT2D eigenvalue weighted by Gasteiger charge is 2.21. The van der Waals surface area contributed by atoms with Crippen molar-refractivity contribution in [3.8, 4) is 16.9 Å². The average Bonchev–Trinajstić information content (AvgIpc) is 3.48. The second-order valence-corrected chi connectivity index (χ2v) is 8.00. The van der Waals surface area contributed by atoms with Crippen LogP contribution >= 0.6 is 0 Å². The van der Waals surface area contributed by atoms with Gasteiger partial charge in [0.15, 0.2) is 0 Å². The summed E-state index contributed by atoms with van der Waals surface area (Å²) >= 11 is 0. The van der Waals surface area contributed by atoms with Crippen molar-refractivity contribution in [1.29, 1.82) is 0 Å². The van der Waals surface area contributed by atoms with Crippen LogP contribution in [0.3, 0.4) is 0 Å². The SMILES string of the molecule is CN(Cc1cn(-c2ccccc2)nc1-c1ccccc1)C(=O)c1c[nH]c2ccc([N+](=O)[O-])cc12. The summed E-state index contributed by atoms with van der Waals surface area (Å²) in [5.74, 6) is -0.238. The van der Waals surface area contributed by atoms with Crippen LogP contribution in [0.5, 0.6) is 0 Å². The third-order valence-corrected chi connectivity index (χ3v) is 5.72. The van der Waals surface area contributed by atoms with Crippen molar-refractivity contribution in [2.75, 3.05) is 7.05 Å². The van der Waals surface area contributed by atoms with Gasteiger partial charge in [-0.25, -0.2) is 4.68 Å². The van der Waals surface area contributed by atoms with Crippen molar-refractivity contribution in [2.45, 2.75) is 6.54 Å². The van der Waals surface area contributed by atoms with E-state index in [0.29, 0.717) is 23.0 Å². The van der Waals surface area contributed by atoms with Crippen LogP contribution in [0, 0.1) is 10.1 Å². The van der Waals surface area contributed by atoms with Crippen molar-refractivity contribution >= 4 is 22.5 Å². The Hall–Kier alpha value is -4.72. The molecule has 2 aromatic heterocycles. The van der Waals surface area contributed by atoms with E-state index in [-0.39, 0.29) is 11.6 Å². The van der Waals surface area contributed by atoms with Gasteiger partial charge in [0.05, 0.1) is 21.9 Å².